The summed E-state index contributed by atoms with van der Waals surface area (Å²) in [6.45, 7) is 1.62. The van der Waals surface area contributed by atoms with Crippen LogP contribution in [0.15, 0.2) is 52.1 Å². The molecule has 0 bridgehead atoms. The van der Waals surface area contributed by atoms with Crippen molar-refractivity contribution in [1.29, 1.82) is 0 Å². The van der Waals surface area contributed by atoms with Gasteiger partial charge >= 0.3 is 0 Å². The average Bonchev–Trinajstić information content (AvgIpc) is 2.65. The van der Waals surface area contributed by atoms with E-state index in [0.29, 0.717) is 5.69 Å². The zero-order chi connectivity index (χ0) is 20.7. The van der Waals surface area contributed by atoms with Gasteiger partial charge in [0.1, 0.15) is 4.90 Å². The number of hydrogen-bond acceptors (Lipinski definition) is 5. The Morgan fingerprint density at radius 3 is 2.64 bits per heavy atom. The Labute approximate surface area is 172 Å². The van der Waals surface area contributed by atoms with E-state index in [4.69, 9.17) is 0 Å². The summed E-state index contributed by atoms with van der Waals surface area (Å²) >= 11 is 3.35. The number of sulfonamides is 1. The summed E-state index contributed by atoms with van der Waals surface area (Å²) in [6.07, 6.45) is 2.75. The van der Waals surface area contributed by atoms with E-state index < -0.39 is 15.9 Å². The predicted octanol–water partition coefficient (Wildman–Crippen LogP) is 1.92. The molecule has 0 radical (unpaired) electrons. The molecule has 10 heteroatoms. The maximum Gasteiger partial charge on any atom is 0.244 e. The molecule has 1 aromatic carbocycles. The molecule has 2 aromatic rings. The number of hydrogen-bond donors (Lipinski definition) is 2. The highest BCUT2D eigenvalue weighted by molar-refractivity contribution is 9.10. The highest BCUT2D eigenvalue weighted by Gasteiger charge is 2.22. The number of halogens is 1. The molecule has 0 aliphatic heterocycles. The Hall–Kier alpha value is -2.30. The molecule has 0 atom stereocenters. The van der Waals surface area contributed by atoms with Crippen LogP contribution < -0.4 is 10.6 Å². The van der Waals surface area contributed by atoms with Gasteiger partial charge in [-0.25, -0.2) is 8.42 Å². The zero-order valence-electron chi connectivity index (χ0n) is 15.5. The molecule has 150 valence electrons. The Morgan fingerprint density at radius 1 is 1.21 bits per heavy atom. The summed E-state index contributed by atoms with van der Waals surface area (Å²) < 4.78 is 26.5. The predicted molar refractivity (Wildman–Crippen MR) is 109 cm³/mol. The van der Waals surface area contributed by atoms with Crippen LogP contribution in [0.5, 0.6) is 0 Å². The van der Waals surface area contributed by atoms with Gasteiger partial charge in [0.25, 0.3) is 0 Å². The molecule has 0 aliphatic rings. The molecule has 0 spiro atoms. The quantitative estimate of drug-likeness (QED) is 0.614. The number of amides is 2. The Morgan fingerprint density at radius 2 is 1.96 bits per heavy atom. The molecule has 0 saturated carbocycles. The fraction of sp³-hybridized carbons (Fsp3) is 0.278. The van der Waals surface area contributed by atoms with Crippen molar-refractivity contribution in [3.05, 3.63) is 52.8 Å². The van der Waals surface area contributed by atoms with E-state index in [0.717, 1.165) is 14.3 Å². The molecule has 0 fully saturated rings. The van der Waals surface area contributed by atoms with Crippen molar-refractivity contribution in [2.75, 3.05) is 25.5 Å². The van der Waals surface area contributed by atoms with Gasteiger partial charge in [-0.2, -0.15) is 4.31 Å². The highest BCUT2D eigenvalue weighted by atomic mass is 79.9. The van der Waals surface area contributed by atoms with Crippen LogP contribution in [0.3, 0.4) is 0 Å². The van der Waals surface area contributed by atoms with E-state index in [1.807, 2.05) is 19.1 Å². The second-order valence-corrected chi connectivity index (χ2v) is 9.02. The van der Waals surface area contributed by atoms with Crippen LogP contribution in [0.1, 0.15) is 12.0 Å². The van der Waals surface area contributed by atoms with E-state index in [1.54, 1.807) is 6.07 Å². The number of carbonyl (C=O) groups excluding carboxylic acids is 2. The van der Waals surface area contributed by atoms with Gasteiger partial charge in [-0.15, -0.1) is 0 Å². The molecule has 28 heavy (non-hydrogen) atoms. The van der Waals surface area contributed by atoms with Crippen molar-refractivity contribution in [2.45, 2.75) is 18.2 Å². The van der Waals surface area contributed by atoms with Crippen LogP contribution in [0.25, 0.3) is 0 Å². The largest absolute Gasteiger partial charge is 0.354 e. The van der Waals surface area contributed by atoms with Gasteiger partial charge in [-0.05, 0) is 36.8 Å². The molecule has 2 N–H and O–H groups in total. The summed E-state index contributed by atoms with van der Waals surface area (Å²) in [5.74, 6) is -0.751. The van der Waals surface area contributed by atoms with E-state index in [9.17, 15) is 18.0 Å². The minimum absolute atomic E-state index is 0.00840. The van der Waals surface area contributed by atoms with Crippen molar-refractivity contribution >= 4 is 43.5 Å². The molecule has 2 rings (SSSR count). The number of anilines is 1. The van der Waals surface area contributed by atoms with Crippen LogP contribution in [0.4, 0.5) is 5.69 Å². The molecule has 1 aromatic heterocycles. The van der Waals surface area contributed by atoms with Gasteiger partial charge in [0.15, 0.2) is 0 Å². The lowest BCUT2D eigenvalue weighted by Crippen LogP contribution is -2.39. The number of aryl methyl sites for hydroxylation is 1. The first-order valence-electron chi connectivity index (χ1n) is 8.39. The van der Waals surface area contributed by atoms with E-state index in [2.05, 4.69) is 31.5 Å². The molecular formula is C18H21BrN4O4S. The van der Waals surface area contributed by atoms with Crippen LogP contribution in [0.2, 0.25) is 0 Å². The summed E-state index contributed by atoms with van der Waals surface area (Å²) in [5.41, 5.74) is 1.61. The minimum Gasteiger partial charge on any atom is -0.354 e. The van der Waals surface area contributed by atoms with Crippen molar-refractivity contribution in [3.63, 3.8) is 0 Å². The molecule has 0 aliphatic carbocycles. The van der Waals surface area contributed by atoms with Crippen LogP contribution in [-0.2, 0) is 19.6 Å². The molecule has 8 nitrogen and oxygen atoms in total. The van der Waals surface area contributed by atoms with Gasteiger partial charge in [-0.3, -0.25) is 14.6 Å². The Balaban J connectivity index is 1.81. The number of nitrogens with one attached hydrogen (secondary N) is 2. The number of rotatable bonds is 8. The summed E-state index contributed by atoms with van der Waals surface area (Å²) in [4.78, 5) is 27.8. The zero-order valence-corrected chi connectivity index (χ0v) is 17.9. The Kier molecular flexibility index (Phi) is 7.67. The average molecular weight is 469 g/mol. The molecule has 0 saturated heterocycles. The third-order valence-electron chi connectivity index (χ3n) is 3.86. The van der Waals surface area contributed by atoms with Gasteiger partial charge in [0, 0.05) is 42.6 Å². The van der Waals surface area contributed by atoms with Crippen LogP contribution in [-0.4, -0.2) is 49.7 Å². The van der Waals surface area contributed by atoms with E-state index >= 15 is 0 Å². The number of benzene rings is 1. The van der Waals surface area contributed by atoms with Crippen molar-refractivity contribution in [1.82, 2.24) is 14.6 Å². The van der Waals surface area contributed by atoms with Crippen molar-refractivity contribution in [3.8, 4) is 0 Å². The van der Waals surface area contributed by atoms with E-state index in [-0.39, 0.29) is 30.3 Å². The fourth-order valence-electron chi connectivity index (χ4n) is 2.28. The molecule has 1 heterocycles. The van der Waals surface area contributed by atoms with E-state index in [1.165, 1.54) is 31.6 Å². The van der Waals surface area contributed by atoms with Crippen LogP contribution >= 0.6 is 15.9 Å². The first-order chi connectivity index (χ1) is 13.2. The molecule has 2 amide bonds. The number of aromatic nitrogens is 1. The smallest absolute Gasteiger partial charge is 0.244 e. The second-order valence-electron chi connectivity index (χ2n) is 6.06. The Bertz CT molecular complexity index is 951. The monoisotopic (exact) mass is 468 g/mol. The lowest BCUT2D eigenvalue weighted by atomic mass is 10.2. The van der Waals surface area contributed by atoms with Crippen molar-refractivity contribution < 1.29 is 18.0 Å². The molecular weight excluding hydrogens is 448 g/mol. The van der Waals surface area contributed by atoms with Crippen LogP contribution in [0, 0.1) is 6.92 Å². The highest BCUT2D eigenvalue weighted by Crippen LogP contribution is 2.20. The summed E-state index contributed by atoms with van der Waals surface area (Å²) in [5, 5.41) is 5.33. The first kappa shape index (κ1) is 22.0. The summed E-state index contributed by atoms with van der Waals surface area (Å²) in [7, 11) is -2.49. The summed E-state index contributed by atoms with van der Waals surface area (Å²) in [6, 6.07) is 8.46. The molecule has 0 unspecified atom stereocenters. The maximum absolute atomic E-state index is 12.4. The first-order valence-corrected chi connectivity index (χ1v) is 10.6. The minimum atomic E-state index is -3.80. The van der Waals surface area contributed by atoms with Crippen molar-refractivity contribution in [2.24, 2.45) is 0 Å². The fourth-order valence-corrected chi connectivity index (χ4v) is 3.73. The van der Waals surface area contributed by atoms with Gasteiger partial charge in [0.2, 0.25) is 21.8 Å². The number of likely N-dealkylation sites (N-methyl/N-ethyl adjacent to an activating group) is 1. The lowest BCUT2D eigenvalue weighted by Gasteiger charge is -2.16. The number of carbonyl (C=O) groups is 2. The normalized spacial score (nSPS) is 11.3. The number of nitrogens with zero attached hydrogens (tertiary/aromatic N) is 2. The van der Waals surface area contributed by atoms with Gasteiger partial charge in [-0.1, -0.05) is 22.0 Å². The third-order valence-corrected chi connectivity index (χ3v) is 6.14. The SMILES string of the molecule is Cc1ccc(Br)cc1NC(=O)CCNC(=O)CN(C)S(=O)(=O)c1cccnc1. The van der Waals surface area contributed by atoms with Gasteiger partial charge in [0.05, 0.1) is 6.54 Å². The topological polar surface area (TPSA) is 108 Å². The van der Waals surface area contributed by atoms with Gasteiger partial charge < -0.3 is 10.6 Å². The second kappa shape index (κ2) is 9.76. The standard InChI is InChI=1S/C18H21BrN4O4S/c1-13-5-6-14(19)10-16(13)22-17(24)7-9-21-18(25)12-23(2)28(26,27)15-4-3-8-20-11-15/h3-6,8,10-11H,7,9,12H2,1-2H3,(H,21,25)(H,22,24). The number of pyridine rings is 1. The third kappa shape index (κ3) is 6.11. The lowest BCUT2D eigenvalue weighted by molar-refractivity contribution is -0.121. The maximum atomic E-state index is 12.4.